The molecule has 0 atom stereocenters. The lowest BCUT2D eigenvalue weighted by atomic mass is 10.1. The second-order valence-electron chi connectivity index (χ2n) is 7.11. The van der Waals surface area contributed by atoms with Gasteiger partial charge in [-0.25, -0.2) is 9.59 Å². The van der Waals surface area contributed by atoms with Crippen LogP contribution in [0.1, 0.15) is 36.8 Å². The van der Waals surface area contributed by atoms with Gasteiger partial charge < -0.3 is 14.0 Å². The van der Waals surface area contributed by atoms with Gasteiger partial charge >= 0.3 is 12.1 Å². The number of alkyl carbamates (subject to hydrolysis) is 1. The molecular formula is C19H21N3O7. The number of carbonyl (C=O) groups is 3. The fourth-order valence-electron chi connectivity index (χ4n) is 2.67. The zero-order valence-electron chi connectivity index (χ0n) is 16.6. The largest absolute Gasteiger partial charge is 0.464 e. The number of hydrogen-bond donors (Lipinski definition) is 1. The zero-order valence-corrected chi connectivity index (χ0v) is 16.6. The number of methoxy groups -OCH3 is 1. The van der Waals surface area contributed by atoms with E-state index in [1.807, 2.05) is 0 Å². The second kappa shape index (κ2) is 8.13. The normalized spacial score (nSPS) is 11.8. The third-order valence-electron chi connectivity index (χ3n) is 3.91. The zero-order chi connectivity index (χ0) is 21.9. The number of nitrogens with one attached hydrogen (secondary N) is 1. The number of fused-ring (bicyclic) bond motifs is 1. The fraction of sp³-hybridized carbons (Fsp3) is 0.316. The number of aldehydes is 1. The summed E-state index contributed by atoms with van der Waals surface area (Å²) in [5, 5.41) is 13.7. The predicted octanol–water partition coefficient (Wildman–Crippen LogP) is 3.17. The number of carbonyl (C=O) groups excluding carboxylic acids is 3. The molecule has 1 aromatic heterocycles. The molecule has 0 spiro atoms. The molecule has 0 aliphatic carbocycles. The Balaban J connectivity index is 2.62. The molecule has 0 bridgehead atoms. The minimum absolute atomic E-state index is 0.179. The van der Waals surface area contributed by atoms with Crippen LogP contribution in [-0.2, 0) is 14.3 Å². The van der Waals surface area contributed by atoms with Crippen LogP contribution in [0, 0.1) is 17.0 Å². The van der Waals surface area contributed by atoms with Gasteiger partial charge in [0, 0.05) is 35.0 Å². The third kappa shape index (κ3) is 4.78. The SMILES string of the molecule is COC(=O)/C(=C\n1c(C)c(C=O)c2cc([N+](=O)[O-])ccc21)NC(=O)OC(C)(C)C. The fourth-order valence-corrected chi connectivity index (χ4v) is 2.67. The van der Waals surface area contributed by atoms with Gasteiger partial charge in [0.1, 0.15) is 11.3 Å². The number of nitro benzene ring substituents is 1. The van der Waals surface area contributed by atoms with E-state index in [0.29, 0.717) is 22.9 Å². The van der Waals surface area contributed by atoms with E-state index in [9.17, 15) is 24.5 Å². The lowest BCUT2D eigenvalue weighted by Gasteiger charge is -2.20. The number of rotatable bonds is 5. The maximum absolute atomic E-state index is 12.2. The van der Waals surface area contributed by atoms with Gasteiger partial charge in [-0.2, -0.15) is 0 Å². The van der Waals surface area contributed by atoms with Crippen LogP contribution in [0.2, 0.25) is 0 Å². The van der Waals surface area contributed by atoms with Crippen LogP contribution in [-0.4, -0.2) is 40.5 Å². The summed E-state index contributed by atoms with van der Waals surface area (Å²) in [4.78, 5) is 46.3. The smallest absolute Gasteiger partial charge is 0.412 e. The van der Waals surface area contributed by atoms with Crippen molar-refractivity contribution in [1.82, 2.24) is 9.88 Å². The van der Waals surface area contributed by atoms with Crippen molar-refractivity contribution in [1.29, 1.82) is 0 Å². The van der Waals surface area contributed by atoms with Crippen molar-refractivity contribution in [3.63, 3.8) is 0 Å². The summed E-state index contributed by atoms with van der Waals surface area (Å²) in [7, 11) is 1.15. The lowest BCUT2D eigenvalue weighted by Crippen LogP contribution is -2.34. The van der Waals surface area contributed by atoms with Crippen LogP contribution < -0.4 is 5.32 Å². The summed E-state index contributed by atoms with van der Waals surface area (Å²) >= 11 is 0. The summed E-state index contributed by atoms with van der Waals surface area (Å²) in [5.41, 5.74) is -0.128. The van der Waals surface area contributed by atoms with Gasteiger partial charge in [0.2, 0.25) is 0 Å². The highest BCUT2D eigenvalue weighted by molar-refractivity contribution is 6.02. The number of nitro groups is 1. The minimum Gasteiger partial charge on any atom is -0.464 e. The van der Waals surface area contributed by atoms with Crippen molar-refractivity contribution in [2.24, 2.45) is 0 Å². The number of benzene rings is 1. The van der Waals surface area contributed by atoms with Gasteiger partial charge in [-0.1, -0.05) is 0 Å². The highest BCUT2D eigenvalue weighted by atomic mass is 16.6. The first-order valence-electron chi connectivity index (χ1n) is 8.52. The van der Waals surface area contributed by atoms with Gasteiger partial charge in [-0.05, 0) is 33.8 Å². The standard InChI is InChI=1S/C19H21N3O7/c1-11-14(10-23)13-8-12(22(26)27)6-7-16(13)21(11)9-15(17(24)28-5)20-18(25)29-19(2,3)4/h6-10H,1-5H3,(H,20,25)/b15-9+. The number of aromatic nitrogens is 1. The Labute approximate surface area is 166 Å². The number of non-ortho nitro benzene ring substituents is 1. The molecule has 29 heavy (non-hydrogen) atoms. The van der Waals surface area contributed by atoms with Crippen molar-refractivity contribution < 1.29 is 28.8 Å². The highest BCUT2D eigenvalue weighted by Gasteiger charge is 2.22. The van der Waals surface area contributed by atoms with Crippen LogP contribution in [0.25, 0.3) is 17.1 Å². The molecule has 0 fully saturated rings. The first kappa shape index (κ1) is 21.6. The quantitative estimate of drug-likeness (QED) is 0.267. The molecule has 0 aliphatic heterocycles. The maximum Gasteiger partial charge on any atom is 0.412 e. The first-order valence-corrected chi connectivity index (χ1v) is 8.52. The summed E-state index contributed by atoms with van der Waals surface area (Å²) < 4.78 is 11.3. The Morgan fingerprint density at radius 2 is 1.93 bits per heavy atom. The summed E-state index contributed by atoms with van der Waals surface area (Å²) in [5.74, 6) is -0.841. The highest BCUT2D eigenvalue weighted by Crippen LogP contribution is 2.29. The number of nitrogens with zero attached hydrogens (tertiary/aromatic N) is 2. The number of amides is 1. The molecule has 10 heteroatoms. The van der Waals surface area contributed by atoms with Crippen LogP contribution in [0.3, 0.4) is 0 Å². The predicted molar refractivity (Wildman–Crippen MR) is 104 cm³/mol. The van der Waals surface area contributed by atoms with E-state index >= 15 is 0 Å². The van der Waals surface area contributed by atoms with Crippen molar-refractivity contribution in [2.75, 3.05) is 7.11 Å². The van der Waals surface area contributed by atoms with Crippen LogP contribution in [0.4, 0.5) is 10.5 Å². The summed E-state index contributed by atoms with van der Waals surface area (Å²) in [6.45, 7) is 6.61. The number of ether oxygens (including phenoxy) is 2. The second-order valence-corrected chi connectivity index (χ2v) is 7.11. The van der Waals surface area contributed by atoms with Gasteiger partial charge in [-0.15, -0.1) is 0 Å². The molecule has 1 N–H and O–H groups in total. The van der Waals surface area contributed by atoms with E-state index in [2.05, 4.69) is 5.32 Å². The van der Waals surface area contributed by atoms with Crippen LogP contribution >= 0.6 is 0 Å². The molecule has 2 aromatic rings. The third-order valence-corrected chi connectivity index (χ3v) is 3.91. The molecule has 0 unspecified atom stereocenters. The van der Waals surface area contributed by atoms with Crippen molar-refractivity contribution >= 4 is 41.1 Å². The molecule has 0 aliphatic rings. The average Bonchev–Trinajstić information content (AvgIpc) is 2.89. The molecule has 2 rings (SSSR count). The number of esters is 1. The molecule has 0 saturated heterocycles. The Kier molecular flexibility index (Phi) is 6.06. The van der Waals surface area contributed by atoms with Crippen molar-refractivity contribution in [3.05, 3.63) is 45.3 Å². The first-order chi connectivity index (χ1) is 13.5. The molecule has 0 saturated carbocycles. The Morgan fingerprint density at radius 3 is 2.45 bits per heavy atom. The van der Waals surface area contributed by atoms with E-state index in [1.54, 1.807) is 27.7 Å². The Bertz CT molecular complexity index is 1030. The van der Waals surface area contributed by atoms with E-state index in [-0.39, 0.29) is 16.9 Å². The van der Waals surface area contributed by atoms with Gasteiger partial charge in [0.05, 0.1) is 17.5 Å². The molecule has 10 nitrogen and oxygen atoms in total. The summed E-state index contributed by atoms with van der Waals surface area (Å²) in [6.07, 6.45) is 0.978. The van der Waals surface area contributed by atoms with Gasteiger partial charge in [-0.3, -0.25) is 20.2 Å². The molecule has 0 radical (unpaired) electrons. The average molecular weight is 403 g/mol. The van der Waals surface area contributed by atoms with E-state index < -0.39 is 22.6 Å². The molecule has 1 heterocycles. The van der Waals surface area contributed by atoms with E-state index in [0.717, 1.165) is 7.11 Å². The van der Waals surface area contributed by atoms with Crippen LogP contribution in [0.5, 0.6) is 0 Å². The minimum atomic E-state index is -0.866. The summed E-state index contributed by atoms with van der Waals surface area (Å²) in [6, 6.07) is 4.00. The van der Waals surface area contributed by atoms with E-state index in [4.69, 9.17) is 9.47 Å². The molecular weight excluding hydrogens is 382 g/mol. The number of hydrogen-bond acceptors (Lipinski definition) is 7. The lowest BCUT2D eigenvalue weighted by molar-refractivity contribution is -0.384. The van der Waals surface area contributed by atoms with Crippen molar-refractivity contribution in [3.8, 4) is 0 Å². The van der Waals surface area contributed by atoms with E-state index in [1.165, 1.54) is 29.0 Å². The van der Waals surface area contributed by atoms with Crippen LogP contribution in [0.15, 0.2) is 23.9 Å². The topological polar surface area (TPSA) is 130 Å². The Morgan fingerprint density at radius 1 is 1.28 bits per heavy atom. The molecule has 154 valence electrons. The van der Waals surface area contributed by atoms with Gasteiger partial charge in [0.25, 0.3) is 5.69 Å². The molecule has 1 aromatic carbocycles. The maximum atomic E-state index is 12.2. The Hall–Kier alpha value is -3.69. The van der Waals surface area contributed by atoms with Gasteiger partial charge in [0.15, 0.2) is 6.29 Å². The van der Waals surface area contributed by atoms with Crippen molar-refractivity contribution in [2.45, 2.75) is 33.3 Å². The molecule has 1 amide bonds. The monoisotopic (exact) mass is 403 g/mol.